The van der Waals surface area contributed by atoms with Crippen molar-refractivity contribution in [3.05, 3.63) is 33.8 Å². The maximum atomic E-state index is 12.2. The van der Waals surface area contributed by atoms with E-state index in [2.05, 4.69) is 15.9 Å². The van der Waals surface area contributed by atoms with Gasteiger partial charge in [-0.2, -0.15) is 13.2 Å². The predicted octanol–water partition coefficient (Wildman–Crippen LogP) is 3.52. The lowest BCUT2D eigenvalue weighted by Gasteiger charge is -2.11. The summed E-state index contributed by atoms with van der Waals surface area (Å²) < 4.78 is 36.9. The Morgan fingerprint density at radius 1 is 1.36 bits per heavy atom. The minimum atomic E-state index is -4.35. The van der Waals surface area contributed by atoms with Crippen LogP contribution in [0.15, 0.2) is 22.7 Å². The normalized spacial score (nSPS) is 14.1. The first-order valence-corrected chi connectivity index (χ1v) is 4.66. The van der Waals surface area contributed by atoms with E-state index in [4.69, 9.17) is 0 Å². The van der Waals surface area contributed by atoms with E-state index < -0.39 is 17.8 Å². The second-order valence-corrected chi connectivity index (χ2v) is 3.76. The maximum Gasteiger partial charge on any atom is 0.416 e. The van der Waals surface area contributed by atoms with E-state index in [1.54, 1.807) is 0 Å². The van der Waals surface area contributed by atoms with Crippen LogP contribution < -0.4 is 0 Å². The molecule has 0 aliphatic carbocycles. The van der Waals surface area contributed by atoms with Gasteiger partial charge in [0, 0.05) is 4.47 Å². The van der Waals surface area contributed by atoms with Gasteiger partial charge >= 0.3 is 6.18 Å². The molecule has 0 radical (unpaired) electrons. The molecule has 1 aromatic carbocycles. The van der Waals surface area contributed by atoms with Crippen molar-refractivity contribution in [1.29, 1.82) is 0 Å². The van der Waals surface area contributed by atoms with Gasteiger partial charge in [0.2, 0.25) is 0 Å². The van der Waals surface area contributed by atoms with Crippen LogP contribution in [0.2, 0.25) is 0 Å². The Hall–Kier alpha value is -0.550. The smallest absolute Gasteiger partial charge is 0.389 e. The van der Waals surface area contributed by atoms with E-state index in [9.17, 15) is 18.3 Å². The van der Waals surface area contributed by atoms with Crippen LogP contribution in [-0.2, 0) is 6.18 Å². The quantitative estimate of drug-likeness (QED) is 0.827. The Morgan fingerprint density at radius 2 is 1.93 bits per heavy atom. The van der Waals surface area contributed by atoms with Gasteiger partial charge in [-0.3, -0.25) is 0 Å². The largest absolute Gasteiger partial charge is 0.416 e. The number of hydrogen-bond acceptors (Lipinski definition) is 1. The van der Waals surface area contributed by atoms with Crippen molar-refractivity contribution in [2.24, 2.45) is 0 Å². The van der Waals surface area contributed by atoms with Gasteiger partial charge in [-0.1, -0.05) is 22.0 Å². The number of aliphatic hydroxyl groups excluding tert-OH is 1. The number of benzene rings is 1. The maximum absolute atomic E-state index is 12.2. The number of halogens is 4. The highest BCUT2D eigenvalue weighted by atomic mass is 79.9. The highest BCUT2D eigenvalue weighted by Crippen LogP contribution is 2.33. The standard InChI is InChI=1S/C9H8BrF3O/c1-5(14)7-3-2-6(4-8(7)10)9(11,12)13/h2-5,14H,1H3. The van der Waals surface area contributed by atoms with Crippen molar-refractivity contribution < 1.29 is 18.3 Å². The van der Waals surface area contributed by atoms with E-state index in [1.165, 1.54) is 13.0 Å². The van der Waals surface area contributed by atoms with Crippen LogP contribution in [0.1, 0.15) is 24.2 Å². The van der Waals surface area contributed by atoms with Gasteiger partial charge in [-0.25, -0.2) is 0 Å². The topological polar surface area (TPSA) is 20.2 Å². The number of hydrogen-bond donors (Lipinski definition) is 1. The minimum Gasteiger partial charge on any atom is -0.389 e. The zero-order valence-electron chi connectivity index (χ0n) is 7.27. The monoisotopic (exact) mass is 268 g/mol. The summed E-state index contributed by atoms with van der Waals surface area (Å²) in [4.78, 5) is 0. The third-order valence-electron chi connectivity index (χ3n) is 1.78. The first-order chi connectivity index (χ1) is 6.32. The van der Waals surface area contributed by atoms with Crippen LogP contribution in [0, 0.1) is 0 Å². The van der Waals surface area contributed by atoms with Crippen molar-refractivity contribution in [2.75, 3.05) is 0 Å². The highest BCUT2D eigenvalue weighted by molar-refractivity contribution is 9.10. The molecule has 1 aromatic rings. The summed E-state index contributed by atoms with van der Waals surface area (Å²) in [5.41, 5.74) is -0.285. The first-order valence-electron chi connectivity index (χ1n) is 3.87. The number of aliphatic hydroxyl groups is 1. The third kappa shape index (κ3) is 2.48. The average Bonchev–Trinajstić information content (AvgIpc) is 2.01. The summed E-state index contributed by atoms with van der Waals surface area (Å²) in [6, 6.07) is 3.17. The summed E-state index contributed by atoms with van der Waals surface area (Å²) in [6.45, 7) is 1.49. The Balaban J connectivity index is 3.13. The van der Waals surface area contributed by atoms with Gasteiger partial charge < -0.3 is 5.11 Å². The van der Waals surface area contributed by atoms with Gasteiger partial charge in [0.1, 0.15) is 0 Å². The molecule has 0 aliphatic heterocycles. The van der Waals surface area contributed by atoms with Crippen molar-refractivity contribution >= 4 is 15.9 Å². The Morgan fingerprint density at radius 3 is 2.29 bits per heavy atom. The molecule has 1 unspecified atom stereocenters. The average molecular weight is 269 g/mol. The molecule has 0 amide bonds. The fraction of sp³-hybridized carbons (Fsp3) is 0.333. The third-order valence-corrected chi connectivity index (χ3v) is 2.46. The molecule has 0 saturated heterocycles. The van der Waals surface area contributed by atoms with Crippen molar-refractivity contribution in [2.45, 2.75) is 19.2 Å². The summed E-state index contributed by atoms with van der Waals surface area (Å²) >= 11 is 2.98. The summed E-state index contributed by atoms with van der Waals surface area (Å²) in [5.74, 6) is 0. The lowest BCUT2D eigenvalue weighted by molar-refractivity contribution is -0.137. The Kier molecular flexibility index (Phi) is 3.21. The zero-order chi connectivity index (χ0) is 10.9. The molecule has 0 aliphatic rings. The minimum absolute atomic E-state index is 0.266. The van der Waals surface area contributed by atoms with E-state index in [1.807, 2.05) is 0 Å². The second-order valence-electron chi connectivity index (χ2n) is 2.91. The van der Waals surface area contributed by atoms with Crippen molar-refractivity contribution in [1.82, 2.24) is 0 Å². The number of rotatable bonds is 1. The van der Waals surface area contributed by atoms with Gasteiger partial charge in [-0.05, 0) is 24.6 Å². The van der Waals surface area contributed by atoms with Crippen LogP contribution in [0.25, 0.3) is 0 Å². The molecule has 1 rings (SSSR count). The summed E-state index contributed by atoms with van der Waals surface area (Å²) in [5, 5.41) is 9.19. The molecule has 0 heterocycles. The van der Waals surface area contributed by atoms with Crippen LogP contribution in [-0.4, -0.2) is 5.11 Å². The molecule has 78 valence electrons. The van der Waals surface area contributed by atoms with Crippen LogP contribution in [0.4, 0.5) is 13.2 Å². The Bertz CT molecular complexity index is 333. The van der Waals surface area contributed by atoms with Gasteiger partial charge in [-0.15, -0.1) is 0 Å². The van der Waals surface area contributed by atoms with Gasteiger partial charge in [0.25, 0.3) is 0 Å². The predicted molar refractivity (Wildman–Crippen MR) is 49.8 cm³/mol. The molecule has 1 N–H and O–H groups in total. The molecule has 5 heteroatoms. The molecule has 0 bridgehead atoms. The lowest BCUT2D eigenvalue weighted by atomic mass is 10.1. The molecule has 0 spiro atoms. The summed E-state index contributed by atoms with van der Waals surface area (Å²) in [7, 11) is 0. The molecule has 0 aromatic heterocycles. The summed E-state index contributed by atoms with van der Waals surface area (Å²) in [6.07, 6.45) is -5.13. The number of alkyl halides is 3. The van der Waals surface area contributed by atoms with E-state index >= 15 is 0 Å². The van der Waals surface area contributed by atoms with Crippen molar-refractivity contribution in [3.63, 3.8) is 0 Å². The molecule has 1 atom stereocenters. The van der Waals surface area contributed by atoms with E-state index in [-0.39, 0.29) is 4.47 Å². The van der Waals surface area contributed by atoms with E-state index in [0.717, 1.165) is 12.1 Å². The SMILES string of the molecule is CC(O)c1ccc(C(F)(F)F)cc1Br. The van der Waals surface area contributed by atoms with Crippen molar-refractivity contribution in [3.8, 4) is 0 Å². The van der Waals surface area contributed by atoms with Crippen LogP contribution in [0.5, 0.6) is 0 Å². The van der Waals surface area contributed by atoms with E-state index in [0.29, 0.717) is 5.56 Å². The zero-order valence-corrected chi connectivity index (χ0v) is 8.85. The molecule has 0 saturated carbocycles. The lowest BCUT2D eigenvalue weighted by Crippen LogP contribution is -2.05. The highest BCUT2D eigenvalue weighted by Gasteiger charge is 2.30. The fourth-order valence-electron chi connectivity index (χ4n) is 1.04. The fourth-order valence-corrected chi connectivity index (χ4v) is 1.75. The van der Waals surface area contributed by atoms with Crippen LogP contribution in [0.3, 0.4) is 0 Å². The molecular formula is C9H8BrF3O. The molecule has 1 nitrogen and oxygen atoms in total. The molecule has 0 fully saturated rings. The second kappa shape index (κ2) is 3.90. The molecular weight excluding hydrogens is 261 g/mol. The van der Waals surface area contributed by atoms with Gasteiger partial charge in [0.15, 0.2) is 0 Å². The van der Waals surface area contributed by atoms with Crippen LogP contribution >= 0.6 is 15.9 Å². The molecule has 14 heavy (non-hydrogen) atoms. The van der Waals surface area contributed by atoms with Gasteiger partial charge in [0.05, 0.1) is 11.7 Å². The Labute approximate surface area is 87.7 Å². The first kappa shape index (κ1) is 11.5.